The normalized spacial score (nSPS) is 11.4. The van der Waals surface area contributed by atoms with Crippen LogP contribution in [0.25, 0.3) is 0 Å². The topological polar surface area (TPSA) is 58.6 Å². The van der Waals surface area contributed by atoms with E-state index >= 15 is 0 Å². The molecule has 0 radical (unpaired) electrons. The maximum Gasteiger partial charge on any atom is 0.328 e. The molecule has 1 N–H and O–H groups in total. The van der Waals surface area contributed by atoms with Gasteiger partial charge in [-0.3, -0.25) is 0 Å². The van der Waals surface area contributed by atoms with Crippen LogP contribution in [0.4, 0.5) is 4.79 Å². The van der Waals surface area contributed by atoms with Crippen LogP contribution in [0.2, 0.25) is 0 Å². The molecular weight excluding hydrogens is 304 g/mol. The van der Waals surface area contributed by atoms with Crippen LogP contribution in [0.5, 0.6) is 0 Å². The minimum Gasteiger partial charge on any atom is -0.467 e. The first-order chi connectivity index (χ1) is 11.6. The van der Waals surface area contributed by atoms with Crippen molar-refractivity contribution in [2.24, 2.45) is 0 Å². The number of esters is 1. The molecule has 126 valence electrons. The smallest absolute Gasteiger partial charge is 0.328 e. The Hall–Kier alpha value is -2.82. The molecular formula is C19H22N2O3. The average Bonchev–Trinajstić information content (AvgIpc) is 2.62. The van der Waals surface area contributed by atoms with Crippen molar-refractivity contribution in [2.45, 2.75) is 19.0 Å². The third kappa shape index (κ3) is 5.12. The molecule has 2 rings (SSSR count). The second kappa shape index (κ2) is 8.72. The molecule has 0 aliphatic heterocycles. The standard InChI is InChI=1S/C19H22N2O3/c1-21(14-16-11-7-4-8-12-16)19(23)20-17(18(22)24-2)13-15-9-5-3-6-10-15/h3-12,17H,13-14H2,1-2H3,(H,20,23)/t17-/m1/s1. The second-order valence-corrected chi connectivity index (χ2v) is 5.56. The Balaban J connectivity index is 2.00. The predicted molar refractivity (Wildman–Crippen MR) is 92.4 cm³/mol. The Morgan fingerprint density at radius 3 is 2.08 bits per heavy atom. The van der Waals surface area contributed by atoms with E-state index < -0.39 is 12.0 Å². The number of nitrogens with zero attached hydrogens (tertiary/aromatic N) is 1. The first kappa shape index (κ1) is 17.5. The van der Waals surface area contributed by atoms with E-state index in [9.17, 15) is 9.59 Å². The summed E-state index contributed by atoms with van der Waals surface area (Å²) in [5, 5.41) is 2.75. The van der Waals surface area contributed by atoms with Crippen LogP contribution in [0, 0.1) is 0 Å². The molecule has 2 aromatic carbocycles. The van der Waals surface area contributed by atoms with Gasteiger partial charge in [-0.2, -0.15) is 0 Å². The zero-order valence-electron chi connectivity index (χ0n) is 13.9. The molecule has 1 atom stereocenters. The van der Waals surface area contributed by atoms with Crippen LogP contribution in [0.15, 0.2) is 60.7 Å². The Morgan fingerprint density at radius 1 is 1.00 bits per heavy atom. The summed E-state index contributed by atoms with van der Waals surface area (Å²) in [6.45, 7) is 0.464. The Kier molecular flexibility index (Phi) is 6.37. The summed E-state index contributed by atoms with van der Waals surface area (Å²) in [6.07, 6.45) is 0.387. The van der Waals surface area contributed by atoms with Crippen LogP contribution in [-0.2, 0) is 22.5 Å². The summed E-state index contributed by atoms with van der Waals surface area (Å²) < 4.78 is 4.81. The van der Waals surface area contributed by atoms with Crippen molar-refractivity contribution in [2.75, 3.05) is 14.2 Å². The van der Waals surface area contributed by atoms with Gasteiger partial charge in [-0.05, 0) is 11.1 Å². The van der Waals surface area contributed by atoms with Gasteiger partial charge in [-0.15, -0.1) is 0 Å². The van der Waals surface area contributed by atoms with Crippen LogP contribution in [0.1, 0.15) is 11.1 Å². The van der Waals surface area contributed by atoms with E-state index in [1.807, 2.05) is 60.7 Å². The first-order valence-electron chi connectivity index (χ1n) is 7.77. The number of rotatable bonds is 6. The van der Waals surface area contributed by atoms with Gasteiger partial charge in [0.1, 0.15) is 6.04 Å². The number of benzene rings is 2. The molecule has 2 aromatic rings. The molecule has 5 heteroatoms. The average molecular weight is 326 g/mol. The maximum absolute atomic E-state index is 12.4. The van der Waals surface area contributed by atoms with Crippen molar-refractivity contribution in [1.29, 1.82) is 0 Å². The van der Waals surface area contributed by atoms with Gasteiger partial charge < -0.3 is 15.0 Å². The molecule has 0 bridgehead atoms. The maximum atomic E-state index is 12.4. The minimum absolute atomic E-state index is 0.315. The molecule has 0 aliphatic rings. The summed E-state index contributed by atoms with van der Waals surface area (Å²) in [5.41, 5.74) is 1.98. The van der Waals surface area contributed by atoms with Gasteiger partial charge in [0.25, 0.3) is 0 Å². The third-order valence-corrected chi connectivity index (χ3v) is 3.68. The van der Waals surface area contributed by atoms with Crippen LogP contribution >= 0.6 is 0 Å². The van der Waals surface area contributed by atoms with Crippen molar-refractivity contribution in [3.8, 4) is 0 Å². The third-order valence-electron chi connectivity index (χ3n) is 3.68. The van der Waals surface area contributed by atoms with Gasteiger partial charge in [-0.1, -0.05) is 60.7 Å². The van der Waals surface area contributed by atoms with E-state index in [4.69, 9.17) is 4.74 Å². The van der Waals surface area contributed by atoms with Crippen molar-refractivity contribution in [3.63, 3.8) is 0 Å². The van der Waals surface area contributed by atoms with E-state index in [-0.39, 0.29) is 6.03 Å². The highest BCUT2D eigenvalue weighted by Crippen LogP contribution is 2.07. The van der Waals surface area contributed by atoms with E-state index in [1.165, 1.54) is 12.0 Å². The number of amides is 2. The van der Waals surface area contributed by atoms with Crippen LogP contribution in [-0.4, -0.2) is 37.1 Å². The first-order valence-corrected chi connectivity index (χ1v) is 7.77. The summed E-state index contributed by atoms with van der Waals surface area (Å²) in [7, 11) is 3.01. The number of carbonyl (C=O) groups excluding carboxylic acids is 2. The molecule has 0 unspecified atom stereocenters. The number of urea groups is 1. The fraction of sp³-hybridized carbons (Fsp3) is 0.263. The van der Waals surface area contributed by atoms with Crippen molar-refractivity contribution < 1.29 is 14.3 Å². The highest BCUT2D eigenvalue weighted by atomic mass is 16.5. The van der Waals surface area contributed by atoms with Gasteiger partial charge in [0.2, 0.25) is 0 Å². The largest absolute Gasteiger partial charge is 0.467 e. The van der Waals surface area contributed by atoms with Gasteiger partial charge in [0, 0.05) is 20.0 Å². The fourth-order valence-corrected chi connectivity index (χ4v) is 2.37. The van der Waals surface area contributed by atoms with Gasteiger partial charge in [0.15, 0.2) is 0 Å². The van der Waals surface area contributed by atoms with Crippen molar-refractivity contribution in [3.05, 3.63) is 71.8 Å². The van der Waals surface area contributed by atoms with Crippen LogP contribution in [0.3, 0.4) is 0 Å². The summed E-state index contributed by atoms with van der Waals surface area (Å²) in [4.78, 5) is 25.9. The minimum atomic E-state index is -0.719. The van der Waals surface area contributed by atoms with Crippen molar-refractivity contribution >= 4 is 12.0 Å². The molecule has 0 saturated heterocycles. The Labute approximate surface area is 142 Å². The highest BCUT2D eigenvalue weighted by Gasteiger charge is 2.23. The summed E-state index contributed by atoms with van der Waals surface area (Å²) >= 11 is 0. The lowest BCUT2D eigenvalue weighted by Gasteiger charge is -2.22. The molecule has 0 aromatic heterocycles. The van der Waals surface area contributed by atoms with E-state index in [1.54, 1.807) is 7.05 Å². The van der Waals surface area contributed by atoms with Crippen LogP contribution < -0.4 is 5.32 Å². The highest BCUT2D eigenvalue weighted by molar-refractivity contribution is 5.83. The number of carbonyl (C=O) groups is 2. The van der Waals surface area contributed by atoms with Gasteiger partial charge in [-0.25, -0.2) is 9.59 Å². The Bertz CT molecular complexity index is 659. The molecule has 24 heavy (non-hydrogen) atoms. The van der Waals surface area contributed by atoms with Gasteiger partial charge >= 0.3 is 12.0 Å². The van der Waals surface area contributed by atoms with E-state index in [0.29, 0.717) is 13.0 Å². The number of hydrogen-bond donors (Lipinski definition) is 1. The van der Waals surface area contributed by atoms with E-state index in [2.05, 4.69) is 5.32 Å². The zero-order valence-corrected chi connectivity index (χ0v) is 13.9. The fourth-order valence-electron chi connectivity index (χ4n) is 2.37. The number of nitrogens with one attached hydrogen (secondary N) is 1. The van der Waals surface area contributed by atoms with Gasteiger partial charge in [0.05, 0.1) is 7.11 Å². The zero-order chi connectivity index (χ0) is 17.4. The molecule has 5 nitrogen and oxygen atoms in total. The Morgan fingerprint density at radius 2 is 1.54 bits per heavy atom. The molecule has 0 heterocycles. The monoisotopic (exact) mass is 326 g/mol. The SMILES string of the molecule is COC(=O)[C@@H](Cc1ccccc1)NC(=O)N(C)Cc1ccccc1. The molecule has 0 saturated carbocycles. The predicted octanol–water partition coefficient (Wildman–Crippen LogP) is 2.61. The number of hydrogen-bond acceptors (Lipinski definition) is 3. The lowest BCUT2D eigenvalue weighted by atomic mass is 10.1. The number of methoxy groups -OCH3 is 1. The lowest BCUT2D eigenvalue weighted by Crippen LogP contribution is -2.47. The van der Waals surface area contributed by atoms with Crippen molar-refractivity contribution in [1.82, 2.24) is 10.2 Å². The second-order valence-electron chi connectivity index (χ2n) is 5.56. The number of ether oxygens (including phenoxy) is 1. The lowest BCUT2D eigenvalue weighted by molar-refractivity contribution is -0.142. The molecule has 0 spiro atoms. The molecule has 2 amide bonds. The summed E-state index contributed by atoms with van der Waals surface area (Å²) in [5.74, 6) is -0.458. The molecule has 0 fully saturated rings. The quantitative estimate of drug-likeness (QED) is 0.830. The van der Waals surface area contributed by atoms with E-state index in [0.717, 1.165) is 11.1 Å². The molecule has 0 aliphatic carbocycles. The summed E-state index contributed by atoms with van der Waals surface area (Å²) in [6, 6.07) is 18.2.